The first-order chi connectivity index (χ1) is 3.13. The number of aliphatic carboxylic acids is 1. The van der Waals surface area contributed by atoms with Crippen LogP contribution in [0.3, 0.4) is 0 Å². The monoisotopic (exact) mass is 157 g/mol. The maximum Gasteiger partial charge on any atom is 3.00 e. The molecule has 0 heterocycles. The number of rotatable bonds is 2. The molecule has 0 aliphatic rings. The van der Waals surface area contributed by atoms with E-state index in [4.69, 9.17) is 0 Å². The van der Waals surface area contributed by atoms with Crippen molar-refractivity contribution in [1.29, 1.82) is 0 Å². The van der Waals surface area contributed by atoms with Crippen LogP contribution in [0.1, 0.15) is 20.3 Å². The van der Waals surface area contributed by atoms with Gasteiger partial charge >= 0.3 is 17.1 Å². The molecule has 3 heteroatoms. The van der Waals surface area contributed by atoms with Gasteiger partial charge in [-0.05, 0) is 12.3 Å². The molecule has 0 aliphatic heterocycles. The standard InChI is InChI=1S/C5H10O2.Fe/c1-4(2)3-5(6)7;/h4H,3H2,1-2H3,(H,6,7);/q;+3/p-1. The van der Waals surface area contributed by atoms with E-state index in [0.29, 0.717) is 0 Å². The minimum atomic E-state index is -0.963. The average molecular weight is 157 g/mol. The van der Waals surface area contributed by atoms with Gasteiger partial charge in [0, 0.05) is 5.97 Å². The van der Waals surface area contributed by atoms with E-state index in [2.05, 4.69) is 0 Å². The van der Waals surface area contributed by atoms with Crippen LogP contribution in [0.4, 0.5) is 0 Å². The fourth-order valence-corrected chi connectivity index (χ4v) is 0.333. The third kappa shape index (κ3) is 9.37. The number of carboxylic acids is 1. The van der Waals surface area contributed by atoms with Gasteiger partial charge < -0.3 is 9.90 Å². The Bertz CT molecular complexity index is 70.8. The van der Waals surface area contributed by atoms with Gasteiger partial charge in [-0.25, -0.2) is 0 Å². The van der Waals surface area contributed by atoms with Gasteiger partial charge in [0.1, 0.15) is 0 Å². The molecule has 0 N–H and O–H groups in total. The van der Waals surface area contributed by atoms with E-state index >= 15 is 0 Å². The normalized spacial score (nSPS) is 8.38. The largest absolute Gasteiger partial charge is 3.00 e. The van der Waals surface area contributed by atoms with Crippen molar-refractivity contribution in [3.8, 4) is 0 Å². The maximum absolute atomic E-state index is 9.70. The Morgan fingerprint density at radius 1 is 1.62 bits per heavy atom. The van der Waals surface area contributed by atoms with Crippen LogP contribution in [-0.2, 0) is 21.9 Å². The molecule has 0 atom stereocenters. The third-order valence-corrected chi connectivity index (χ3v) is 0.575. The van der Waals surface area contributed by atoms with Crippen molar-refractivity contribution in [2.24, 2.45) is 5.92 Å². The summed E-state index contributed by atoms with van der Waals surface area (Å²) in [5.74, 6) is -0.750. The minimum absolute atomic E-state index is 0. The average Bonchev–Trinajstić information content (AvgIpc) is 1.27. The molecule has 0 saturated carbocycles. The SMILES string of the molecule is CC(C)CC(=O)[O-].[Fe+3]. The summed E-state index contributed by atoms with van der Waals surface area (Å²) < 4.78 is 0. The molecule has 0 aromatic carbocycles. The second kappa shape index (κ2) is 5.13. The topological polar surface area (TPSA) is 40.1 Å². The molecule has 0 aliphatic carbocycles. The molecule has 0 rings (SSSR count). The fourth-order valence-electron chi connectivity index (χ4n) is 0.333. The number of carboxylic acid groups (broad SMARTS) is 1. The molecule has 0 aromatic rings. The Balaban J connectivity index is 0. The summed E-state index contributed by atoms with van der Waals surface area (Å²) in [5.41, 5.74) is 0. The first-order valence-corrected chi connectivity index (χ1v) is 2.32. The smallest absolute Gasteiger partial charge is 0.550 e. The summed E-state index contributed by atoms with van der Waals surface area (Å²) in [4.78, 5) is 9.70. The van der Waals surface area contributed by atoms with Gasteiger partial charge in [-0.2, -0.15) is 0 Å². The van der Waals surface area contributed by atoms with Crippen molar-refractivity contribution in [2.45, 2.75) is 20.3 Å². The molecular weight excluding hydrogens is 148 g/mol. The molecule has 0 amide bonds. The molecule has 1 radical (unpaired) electrons. The summed E-state index contributed by atoms with van der Waals surface area (Å²) >= 11 is 0. The summed E-state index contributed by atoms with van der Waals surface area (Å²) in [6, 6.07) is 0. The quantitative estimate of drug-likeness (QED) is 0.520. The van der Waals surface area contributed by atoms with Gasteiger partial charge in [0.05, 0.1) is 0 Å². The van der Waals surface area contributed by atoms with Crippen molar-refractivity contribution >= 4 is 5.97 Å². The van der Waals surface area contributed by atoms with Gasteiger partial charge in [0.25, 0.3) is 0 Å². The van der Waals surface area contributed by atoms with E-state index < -0.39 is 5.97 Å². The minimum Gasteiger partial charge on any atom is -0.550 e. The van der Waals surface area contributed by atoms with Gasteiger partial charge in [-0.3, -0.25) is 0 Å². The van der Waals surface area contributed by atoms with Crippen molar-refractivity contribution in [3.63, 3.8) is 0 Å². The zero-order valence-corrected chi connectivity index (χ0v) is 6.06. The van der Waals surface area contributed by atoms with Crippen molar-refractivity contribution in [1.82, 2.24) is 0 Å². The zero-order chi connectivity index (χ0) is 5.86. The third-order valence-electron chi connectivity index (χ3n) is 0.575. The van der Waals surface area contributed by atoms with Gasteiger partial charge in [-0.15, -0.1) is 0 Å². The molecule has 2 nitrogen and oxygen atoms in total. The molecule has 47 valence electrons. The molecule has 0 fully saturated rings. The zero-order valence-electron chi connectivity index (χ0n) is 4.95. The van der Waals surface area contributed by atoms with E-state index in [1.54, 1.807) is 0 Å². The van der Waals surface area contributed by atoms with Crippen LogP contribution in [0.25, 0.3) is 0 Å². The molecule has 0 aromatic heterocycles. The predicted molar refractivity (Wildman–Crippen MR) is 24.5 cm³/mol. The Hall–Kier alpha value is -0.0105. The fraction of sp³-hybridized carbons (Fsp3) is 0.800. The number of hydrogen-bond donors (Lipinski definition) is 0. The van der Waals surface area contributed by atoms with Crippen molar-refractivity contribution in [2.75, 3.05) is 0 Å². The van der Waals surface area contributed by atoms with Crippen molar-refractivity contribution < 1.29 is 27.0 Å². The van der Waals surface area contributed by atoms with Gasteiger partial charge in [-0.1, -0.05) is 13.8 Å². The first-order valence-electron chi connectivity index (χ1n) is 2.32. The summed E-state index contributed by atoms with van der Waals surface area (Å²) in [6.07, 6.45) is 0.167. The summed E-state index contributed by atoms with van der Waals surface area (Å²) in [7, 11) is 0. The van der Waals surface area contributed by atoms with Crippen LogP contribution < -0.4 is 5.11 Å². The Morgan fingerprint density at radius 3 is 2.00 bits per heavy atom. The van der Waals surface area contributed by atoms with Crippen LogP contribution in [0.15, 0.2) is 0 Å². The molecule has 0 saturated heterocycles. The van der Waals surface area contributed by atoms with Crippen LogP contribution >= 0.6 is 0 Å². The van der Waals surface area contributed by atoms with E-state index in [9.17, 15) is 9.90 Å². The first kappa shape index (κ1) is 10.9. The van der Waals surface area contributed by atoms with E-state index in [1.165, 1.54) is 0 Å². The van der Waals surface area contributed by atoms with E-state index in [1.807, 2.05) is 13.8 Å². The summed E-state index contributed by atoms with van der Waals surface area (Å²) in [5, 5.41) is 9.70. The van der Waals surface area contributed by atoms with Crippen LogP contribution in [0.2, 0.25) is 0 Å². The molecule has 0 spiro atoms. The Labute approximate surface area is 59.8 Å². The van der Waals surface area contributed by atoms with Crippen LogP contribution in [0.5, 0.6) is 0 Å². The van der Waals surface area contributed by atoms with Gasteiger partial charge in [0.2, 0.25) is 0 Å². The number of carbonyl (C=O) groups is 1. The van der Waals surface area contributed by atoms with E-state index in [-0.39, 0.29) is 29.4 Å². The Morgan fingerprint density at radius 2 is 2.00 bits per heavy atom. The number of carbonyl (C=O) groups excluding carboxylic acids is 1. The summed E-state index contributed by atoms with van der Waals surface area (Å²) in [6.45, 7) is 3.69. The second-order valence-electron chi connectivity index (χ2n) is 1.97. The molecular formula is C5H9FeO2+2. The molecule has 0 unspecified atom stereocenters. The van der Waals surface area contributed by atoms with Crippen molar-refractivity contribution in [3.05, 3.63) is 0 Å². The maximum atomic E-state index is 9.70. The van der Waals surface area contributed by atoms with E-state index in [0.717, 1.165) is 0 Å². The number of hydrogen-bond acceptors (Lipinski definition) is 2. The predicted octanol–water partition coefficient (Wildman–Crippen LogP) is -0.220. The molecule has 0 bridgehead atoms. The molecule has 8 heavy (non-hydrogen) atoms. The van der Waals surface area contributed by atoms with Crippen LogP contribution in [0, 0.1) is 5.92 Å². The van der Waals surface area contributed by atoms with Crippen LogP contribution in [-0.4, -0.2) is 5.97 Å². The second-order valence-corrected chi connectivity index (χ2v) is 1.97. The van der Waals surface area contributed by atoms with Gasteiger partial charge in [0.15, 0.2) is 0 Å². The Kier molecular flexibility index (Phi) is 6.98.